The van der Waals surface area contributed by atoms with Crippen molar-refractivity contribution in [1.29, 1.82) is 0 Å². The zero-order valence-electron chi connectivity index (χ0n) is 12.2. The van der Waals surface area contributed by atoms with Crippen LogP contribution in [-0.2, 0) is 4.74 Å². The van der Waals surface area contributed by atoms with E-state index < -0.39 is 0 Å². The van der Waals surface area contributed by atoms with E-state index in [0.29, 0.717) is 17.2 Å². The maximum atomic E-state index is 12.3. The molecule has 1 aliphatic rings. The number of amides is 1. The Morgan fingerprint density at radius 3 is 2.81 bits per heavy atom. The summed E-state index contributed by atoms with van der Waals surface area (Å²) >= 11 is 0. The Morgan fingerprint density at radius 2 is 2.24 bits per heavy atom. The fourth-order valence-electron chi connectivity index (χ4n) is 2.44. The molecule has 5 nitrogen and oxygen atoms in total. The second-order valence-corrected chi connectivity index (χ2v) is 5.08. The van der Waals surface area contributed by atoms with Crippen LogP contribution < -0.4 is 0 Å². The fourth-order valence-corrected chi connectivity index (χ4v) is 2.44. The first-order valence-electron chi connectivity index (χ1n) is 7.08. The number of carbonyl (C=O) groups excluding carboxylic acids is 1. The Morgan fingerprint density at radius 1 is 1.48 bits per heavy atom. The van der Waals surface area contributed by atoms with Crippen molar-refractivity contribution in [3.05, 3.63) is 29.6 Å². The molecule has 0 aliphatic carbocycles. The number of pyridine rings is 1. The summed E-state index contributed by atoms with van der Waals surface area (Å²) in [6.07, 6.45) is 3.51. The van der Waals surface area contributed by atoms with E-state index in [9.17, 15) is 4.79 Å². The third-order valence-corrected chi connectivity index (χ3v) is 3.60. The van der Waals surface area contributed by atoms with Gasteiger partial charge in [0.2, 0.25) is 0 Å². The van der Waals surface area contributed by atoms with Gasteiger partial charge in [-0.15, -0.1) is 0 Å². The van der Waals surface area contributed by atoms with Gasteiger partial charge < -0.3 is 14.7 Å². The van der Waals surface area contributed by atoms with Crippen molar-refractivity contribution in [2.24, 2.45) is 5.92 Å². The third kappa shape index (κ3) is 4.28. The number of nitrogens with zero attached hydrogens (tertiary/aromatic N) is 2. The highest BCUT2D eigenvalue weighted by molar-refractivity contribution is 5.92. The molecule has 1 saturated heterocycles. The maximum Gasteiger partial charge on any atom is 0.272 e. The van der Waals surface area contributed by atoms with Gasteiger partial charge in [-0.2, -0.15) is 0 Å². The van der Waals surface area contributed by atoms with Crippen molar-refractivity contribution in [3.8, 4) is 11.8 Å². The first kappa shape index (κ1) is 15.5. The Bertz CT molecular complexity index is 523. The molecule has 1 fully saturated rings. The molecule has 1 N–H and O–H groups in total. The van der Waals surface area contributed by atoms with E-state index in [1.807, 2.05) is 4.90 Å². The quantitative estimate of drug-likeness (QED) is 0.840. The first-order chi connectivity index (χ1) is 10.2. The lowest BCUT2D eigenvalue weighted by molar-refractivity contribution is 0.0608. The van der Waals surface area contributed by atoms with Gasteiger partial charge in [0.25, 0.3) is 5.91 Å². The monoisotopic (exact) mass is 288 g/mol. The van der Waals surface area contributed by atoms with Crippen LogP contribution in [0.25, 0.3) is 0 Å². The number of hydrogen-bond acceptors (Lipinski definition) is 4. The van der Waals surface area contributed by atoms with Crippen molar-refractivity contribution >= 4 is 5.91 Å². The maximum absolute atomic E-state index is 12.3. The molecular weight excluding hydrogens is 268 g/mol. The minimum atomic E-state index is -0.183. The number of aliphatic hydroxyl groups is 1. The molecule has 1 aromatic heterocycles. The van der Waals surface area contributed by atoms with Crippen LogP contribution in [0.1, 0.15) is 28.9 Å². The Kier molecular flexibility index (Phi) is 5.73. The first-order valence-corrected chi connectivity index (χ1v) is 7.08. The molecule has 0 radical (unpaired) electrons. The van der Waals surface area contributed by atoms with Gasteiger partial charge in [0.05, 0.1) is 0 Å². The smallest absolute Gasteiger partial charge is 0.272 e. The van der Waals surface area contributed by atoms with E-state index >= 15 is 0 Å². The number of methoxy groups -OCH3 is 1. The zero-order chi connectivity index (χ0) is 15.1. The predicted octanol–water partition coefficient (Wildman–Crippen LogP) is 0.924. The van der Waals surface area contributed by atoms with Crippen LogP contribution in [0.5, 0.6) is 0 Å². The summed E-state index contributed by atoms with van der Waals surface area (Å²) in [7, 11) is 1.71. The van der Waals surface area contributed by atoms with Crippen LogP contribution in [0.4, 0.5) is 0 Å². The molecule has 0 spiro atoms. The van der Waals surface area contributed by atoms with E-state index in [2.05, 4.69) is 16.8 Å². The number of aromatic nitrogens is 1. The predicted molar refractivity (Wildman–Crippen MR) is 78.7 cm³/mol. The second-order valence-electron chi connectivity index (χ2n) is 5.08. The lowest BCUT2D eigenvalue weighted by Crippen LogP contribution is -2.39. The Hall–Kier alpha value is -1.90. The van der Waals surface area contributed by atoms with E-state index in [4.69, 9.17) is 9.84 Å². The van der Waals surface area contributed by atoms with Gasteiger partial charge in [-0.05, 0) is 30.9 Å². The molecule has 0 bridgehead atoms. The average Bonchev–Trinajstić information content (AvgIpc) is 2.54. The molecule has 0 saturated carbocycles. The van der Waals surface area contributed by atoms with Crippen molar-refractivity contribution in [3.63, 3.8) is 0 Å². The van der Waals surface area contributed by atoms with Crippen LogP contribution in [0.15, 0.2) is 18.3 Å². The van der Waals surface area contributed by atoms with Gasteiger partial charge in [0, 0.05) is 38.6 Å². The standard InChI is InChI=1S/C16H20N2O3/c1-21-12-14-6-8-18(9-7-14)16(20)15-5-4-13(11-17-15)3-2-10-19/h4-5,11,14,19H,6-10,12H2,1H3. The number of ether oxygens (including phenoxy) is 1. The summed E-state index contributed by atoms with van der Waals surface area (Å²) in [6, 6.07) is 3.44. The van der Waals surface area contributed by atoms with Gasteiger partial charge >= 0.3 is 0 Å². The normalized spacial score (nSPS) is 15.4. The van der Waals surface area contributed by atoms with Crippen LogP contribution in [-0.4, -0.2) is 54.3 Å². The molecule has 2 rings (SSSR count). The average molecular weight is 288 g/mol. The van der Waals surface area contributed by atoms with E-state index in [1.54, 1.807) is 25.4 Å². The van der Waals surface area contributed by atoms with Crippen molar-refractivity contribution in [1.82, 2.24) is 9.88 Å². The van der Waals surface area contributed by atoms with Crippen LogP contribution in [0.2, 0.25) is 0 Å². The molecular formula is C16H20N2O3. The van der Waals surface area contributed by atoms with Gasteiger partial charge in [-0.1, -0.05) is 11.8 Å². The number of hydrogen-bond donors (Lipinski definition) is 1. The van der Waals surface area contributed by atoms with Crippen LogP contribution >= 0.6 is 0 Å². The number of likely N-dealkylation sites (tertiary alicyclic amines) is 1. The molecule has 112 valence electrons. The number of piperidine rings is 1. The molecule has 5 heteroatoms. The molecule has 0 aromatic carbocycles. The highest BCUT2D eigenvalue weighted by Crippen LogP contribution is 2.18. The van der Waals surface area contributed by atoms with E-state index in [0.717, 1.165) is 32.5 Å². The van der Waals surface area contributed by atoms with Crippen LogP contribution in [0, 0.1) is 17.8 Å². The number of rotatable bonds is 3. The molecule has 0 atom stereocenters. The molecule has 0 unspecified atom stereocenters. The fraction of sp³-hybridized carbons (Fsp3) is 0.500. The summed E-state index contributed by atoms with van der Waals surface area (Å²) in [5.41, 5.74) is 1.13. The molecule has 1 amide bonds. The SMILES string of the molecule is COCC1CCN(C(=O)c2ccc(C#CCO)cn2)CC1. The minimum Gasteiger partial charge on any atom is -0.384 e. The summed E-state index contributed by atoms with van der Waals surface area (Å²) < 4.78 is 5.16. The lowest BCUT2D eigenvalue weighted by atomic mass is 9.97. The Labute approximate surface area is 124 Å². The van der Waals surface area contributed by atoms with Gasteiger partial charge in [0.1, 0.15) is 12.3 Å². The highest BCUT2D eigenvalue weighted by Gasteiger charge is 2.24. The summed E-state index contributed by atoms with van der Waals surface area (Å²) in [4.78, 5) is 18.3. The highest BCUT2D eigenvalue weighted by atomic mass is 16.5. The second kappa shape index (κ2) is 7.77. The van der Waals surface area contributed by atoms with Crippen molar-refractivity contribution in [2.75, 3.05) is 33.4 Å². The largest absolute Gasteiger partial charge is 0.384 e. The summed E-state index contributed by atoms with van der Waals surface area (Å²) in [5.74, 6) is 5.82. The number of aliphatic hydroxyl groups excluding tert-OH is 1. The molecule has 2 heterocycles. The van der Waals surface area contributed by atoms with Crippen molar-refractivity contribution in [2.45, 2.75) is 12.8 Å². The Balaban J connectivity index is 1.94. The van der Waals surface area contributed by atoms with E-state index in [1.165, 1.54) is 0 Å². The number of carbonyl (C=O) groups is 1. The molecule has 21 heavy (non-hydrogen) atoms. The van der Waals surface area contributed by atoms with Gasteiger partial charge in [-0.25, -0.2) is 4.98 Å². The van der Waals surface area contributed by atoms with Gasteiger partial charge in [0.15, 0.2) is 0 Å². The summed E-state index contributed by atoms with van der Waals surface area (Å²) in [5, 5.41) is 8.64. The lowest BCUT2D eigenvalue weighted by Gasteiger charge is -2.31. The van der Waals surface area contributed by atoms with Crippen LogP contribution in [0.3, 0.4) is 0 Å². The van der Waals surface area contributed by atoms with Gasteiger partial charge in [-0.3, -0.25) is 4.79 Å². The molecule has 1 aromatic rings. The molecule has 1 aliphatic heterocycles. The zero-order valence-corrected chi connectivity index (χ0v) is 12.2. The van der Waals surface area contributed by atoms with E-state index in [-0.39, 0.29) is 12.5 Å². The minimum absolute atomic E-state index is 0.0347. The summed E-state index contributed by atoms with van der Waals surface area (Å²) in [6.45, 7) is 2.08. The van der Waals surface area contributed by atoms with Crippen molar-refractivity contribution < 1.29 is 14.6 Å². The third-order valence-electron chi connectivity index (χ3n) is 3.60. The topological polar surface area (TPSA) is 62.7 Å².